The van der Waals surface area contributed by atoms with Crippen molar-refractivity contribution in [3.05, 3.63) is 59.9 Å². The topological polar surface area (TPSA) is 42.4 Å². The number of para-hydroxylation sites is 1. The number of amides is 1. The van der Waals surface area contributed by atoms with Gasteiger partial charge in [-0.3, -0.25) is 9.78 Å². The Morgan fingerprint density at radius 1 is 1.26 bits per heavy atom. The van der Waals surface area contributed by atoms with Gasteiger partial charge in [-0.2, -0.15) is 0 Å². The van der Waals surface area contributed by atoms with Gasteiger partial charge in [0, 0.05) is 25.0 Å². The fourth-order valence-corrected chi connectivity index (χ4v) is 2.89. The van der Waals surface area contributed by atoms with Gasteiger partial charge in [0.05, 0.1) is 12.2 Å². The fraction of sp³-hybridized carbons (Fsp3) is 0.368. The molecule has 0 radical (unpaired) electrons. The normalized spacial score (nSPS) is 17.3. The quantitative estimate of drug-likeness (QED) is 0.851. The van der Waals surface area contributed by atoms with Gasteiger partial charge in [-0.15, -0.1) is 0 Å². The van der Waals surface area contributed by atoms with Crippen molar-refractivity contribution in [3.63, 3.8) is 0 Å². The molecular weight excluding hydrogens is 288 g/mol. The van der Waals surface area contributed by atoms with E-state index in [-0.39, 0.29) is 5.91 Å². The standard InChI is InChI=1S/C19H22N2O2/c1-15-7-8-17(13-20-15)19(22)21-11-9-16(14-21)10-12-23-18-5-3-2-4-6-18/h2-8,13,16H,9-12,14H2,1H3. The molecule has 23 heavy (non-hydrogen) atoms. The number of pyridine rings is 1. The van der Waals surface area contributed by atoms with Crippen LogP contribution in [0.3, 0.4) is 0 Å². The molecule has 1 saturated heterocycles. The summed E-state index contributed by atoms with van der Waals surface area (Å²) in [5.74, 6) is 1.51. The third-order valence-electron chi connectivity index (χ3n) is 4.27. The minimum absolute atomic E-state index is 0.0870. The van der Waals surface area contributed by atoms with Crippen LogP contribution in [-0.4, -0.2) is 35.5 Å². The first-order valence-corrected chi connectivity index (χ1v) is 8.12. The van der Waals surface area contributed by atoms with E-state index in [0.29, 0.717) is 18.1 Å². The molecule has 1 aromatic heterocycles. The number of hydrogen-bond acceptors (Lipinski definition) is 3. The minimum atomic E-state index is 0.0870. The second-order valence-electron chi connectivity index (χ2n) is 6.04. The molecule has 1 atom stereocenters. The van der Waals surface area contributed by atoms with E-state index in [9.17, 15) is 4.79 Å². The van der Waals surface area contributed by atoms with Crippen molar-refractivity contribution in [1.82, 2.24) is 9.88 Å². The van der Waals surface area contributed by atoms with Gasteiger partial charge in [0.15, 0.2) is 0 Å². The molecule has 120 valence electrons. The lowest BCUT2D eigenvalue weighted by atomic mass is 10.1. The van der Waals surface area contributed by atoms with Crippen LogP contribution < -0.4 is 4.74 Å². The zero-order valence-electron chi connectivity index (χ0n) is 13.4. The number of hydrogen-bond donors (Lipinski definition) is 0. The average molecular weight is 310 g/mol. The Morgan fingerprint density at radius 2 is 2.09 bits per heavy atom. The Morgan fingerprint density at radius 3 is 2.83 bits per heavy atom. The maximum absolute atomic E-state index is 12.5. The molecule has 3 rings (SSSR count). The molecule has 4 nitrogen and oxygen atoms in total. The highest BCUT2D eigenvalue weighted by molar-refractivity contribution is 5.94. The molecule has 0 saturated carbocycles. The zero-order chi connectivity index (χ0) is 16.1. The maximum atomic E-state index is 12.5. The van der Waals surface area contributed by atoms with Crippen LogP contribution in [0.15, 0.2) is 48.7 Å². The van der Waals surface area contributed by atoms with E-state index in [1.165, 1.54) is 0 Å². The molecule has 0 spiro atoms. The molecule has 1 unspecified atom stereocenters. The highest BCUT2D eigenvalue weighted by Gasteiger charge is 2.26. The molecule has 1 aliphatic heterocycles. The smallest absolute Gasteiger partial charge is 0.255 e. The van der Waals surface area contributed by atoms with Crippen LogP contribution in [0, 0.1) is 12.8 Å². The summed E-state index contributed by atoms with van der Waals surface area (Å²) in [5, 5.41) is 0. The van der Waals surface area contributed by atoms with Crippen molar-refractivity contribution in [2.75, 3.05) is 19.7 Å². The van der Waals surface area contributed by atoms with Gasteiger partial charge in [0.2, 0.25) is 0 Å². The van der Waals surface area contributed by atoms with Gasteiger partial charge >= 0.3 is 0 Å². The predicted molar refractivity (Wildman–Crippen MR) is 89.5 cm³/mol. The number of aromatic nitrogens is 1. The number of likely N-dealkylation sites (tertiary alicyclic amines) is 1. The number of benzene rings is 1. The lowest BCUT2D eigenvalue weighted by Crippen LogP contribution is -2.29. The fourth-order valence-electron chi connectivity index (χ4n) is 2.89. The number of nitrogens with zero attached hydrogens (tertiary/aromatic N) is 2. The summed E-state index contributed by atoms with van der Waals surface area (Å²) in [6.45, 7) is 4.25. The van der Waals surface area contributed by atoms with Crippen LogP contribution in [-0.2, 0) is 0 Å². The Hall–Kier alpha value is -2.36. The van der Waals surface area contributed by atoms with Gasteiger partial charge in [0.25, 0.3) is 5.91 Å². The number of ether oxygens (including phenoxy) is 1. The van der Waals surface area contributed by atoms with Crippen molar-refractivity contribution in [2.24, 2.45) is 5.92 Å². The molecule has 4 heteroatoms. The first kappa shape index (κ1) is 15.5. The number of aryl methyl sites for hydroxylation is 1. The zero-order valence-corrected chi connectivity index (χ0v) is 13.4. The molecule has 1 aliphatic rings. The molecule has 2 aromatic rings. The monoisotopic (exact) mass is 310 g/mol. The summed E-state index contributed by atoms with van der Waals surface area (Å²) in [4.78, 5) is 18.6. The number of carbonyl (C=O) groups excluding carboxylic acids is 1. The highest BCUT2D eigenvalue weighted by Crippen LogP contribution is 2.22. The molecule has 1 fully saturated rings. The van der Waals surface area contributed by atoms with Crippen molar-refractivity contribution in [2.45, 2.75) is 19.8 Å². The summed E-state index contributed by atoms with van der Waals surface area (Å²) in [5.41, 5.74) is 1.61. The highest BCUT2D eigenvalue weighted by atomic mass is 16.5. The van der Waals surface area contributed by atoms with Gasteiger partial charge < -0.3 is 9.64 Å². The van der Waals surface area contributed by atoms with Crippen molar-refractivity contribution >= 4 is 5.91 Å². The third kappa shape index (κ3) is 4.09. The van der Waals surface area contributed by atoms with Crippen molar-refractivity contribution in [1.29, 1.82) is 0 Å². The van der Waals surface area contributed by atoms with Gasteiger partial charge in [-0.1, -0.05) is 18.2 Å². The summed E-state index contributed by atoms with van der Waals surface area (Å²) in [6, 6.07) is 13.6. The van der Waals surface area contributed by atoms with E-state index in [0.717, 1.165) is 37.4 Å². The Balaban J connectivity index is 1.46. The first-order chi connectivity index (χ1) is 11.2. The third-order valence-corrected chi connectivity index (χ3v) is 4.27. The predicted octanol–water partition coefficient (Wildman–Crippen LogP) is 3.32. The van der Waals surface area contributed by atoms with E-state index in [4.69, 9.17) is 4.74 Å². The average Bonchev–Trinajstić information content (AvgIpc) is 3.05. The maximum Gasteiger partial charge on any atom is 0.255 e. The first-order valence-electron chi connectivity index (χ1n) is 8.12. The van der Waals surface area contributed by atoms with Crippen molar-refractivity contribution in [3.8, 4) is 5.75 Å². The number of rotatable bonds is 5. The second-order valence-corrected chi connectivity index (χ2v) is 6.04. The molecular formula is C19H22N2O2. The molecule has 0 N–H and O–H groups in total. The number of carbonyl (C=O) groups is 1. The van der Waals surface area contributed by atoms with E-state index >= 15 is 0 Å². The van der Waals surface area contributed by atoms with E-state index in [2.05, 4.69) is 4.98 Å². The van der Waals surface area contributed by atoms with Crippen LogP contribution in [0.25, 0.3) is 0 Å². The largest absolute Gasteiger partial charge is 0.494 e. The summed E-state index contributed by atoms with van der Waals surface area (Å²) in [6.07, 6.45) is 3.69. The van der Waals surface area contributed by atoms with E-state index in [1.807, 2.05) is 54.3 Å². The van der Waals surface area contributed by atoms with Gasteiger partial charge in [0.1, 0.15) is 5.75 Å². The lowest BCUT2D eigenvalue weighted by molar-refractivity contribution is 0.0785. The Labute approximate surface area is 137 Å². The second kappa shape index (κ2) is 7.27. The summed E-state index contributed by atoms with van der Waals surface area (Å²) >= 11 is 0. The molecule has 0 bridgehead atoms. The molecule has 0 aliphatic carbocycles. The summed E-state index contributed by atoms with van der Waals surface area (Å²) < 4.78 is 5.75. The Kier molecular flexibility index (Phi) is 4.91. The minimum Gasteiger partial charge on any atom is -0.494 e. The molecule has 1 amide bonds. The van der Waals surface area contributed by atoms with Gasteiger partial charge in [-0.25, -0.2) is 0 Å². The SMILES string of the molecule is Cc1ccc(C(=O)N2CCC(CCOc3ccccc3)C2)cn1. The molecule has 1 aromatic carbocycles. The Bertz CT molecular complexity index is 640. The van der Waals surface area contributed by atoms with Crippen LogP contribution in [0.5, 0.6) is 5.75 Å². The van der Waals surface area contributed by atoms with Crippen LogP contribution in [0.2, 0.25) is 0 Å². The van der Waals surface area contributed by atoms with E-state index < -0.39 is 0 Å². The van der Waals surface area contributed by atoms with Crippen LogP contribution >= 0.6 is 0 Å². The molecule has 2 heterocycles. The summed E-state index contributed by atoms with van der Waals surface area (Å²) in [7, 11) is 0. The van der Waals surface area contributed by atoms with Crippen LogP contribution in [0.1, 0.15) is 28.9 Å². The van der Waals surface area contributed by atoms with E-state index in [1.54, 1.807) is 6.20 Å². The van der Waals surface area contributed by atoms with Crippen LogP contribution in [0.4, 0.5) is 0 Å². The van der Waals surface area contributed by atoms with Gasteiger partial charge in [-0.05, 0) is 49.9 Å². The lowest BCUT2D eigenvalue weighted by Gasteiger charge is -2.16. The van der Waals surface area contributed by atoms with Crippen molar-refractivity contribution < 1.29 is 9.53 Å².